The minimum absolute atomic E-state index is 0. The Hall–Kier alpha value is -1.06. The Morgan fingerprint density at radius 3 is 2.41 bits per heavy atom. The van der Waals surface area contributed by atoms with Gasteiger partial charge in [0.2, 0.25) is 0 Å². The molecule has 4 heteroatoms. The van der Waals surface area contributed by atoms with Crippen LogP contribution in [0.3, 0.4) is 0 Å². The van der Waals surface area contributed by atoms with E-state index in [1.165, 1.54) is 0 Å². The average Bonchev–Trinajstić information content (AvgIpc) is 2.25. The van der Waals surface area contributed by atoms with Crippen molar-refractivity contribution in [3.63, 3.8) is 0 Å². The van der Waals surface area contributed by atoms with Crippen LogP contribution in [0.25, 0.3) is 0 Å². The molecule has 0 aliphatic heterocycles. The molecule has 1 rings (SSSR count). The predicted octanol–water partition coefficient (Wildman–Crippen LogP) is -0.687. The van der Waals surface area contributed by atoms with Gasteiger partial charge >= 0.3 is 7.40 Å². The Morgan fingerprint density at radius 2 is 1.94 bits per heavy atom. The van der Waals surface area contributed by atoms with Crippen LogP contribution < -0.4 is 12.4 Å². The Kier molecular flexibility index (Phi) is 7.59. The lowest BCUT2D eigenvalue weighted by Gasteiger charge is -2.14. The van der Waals surface area contributed by atoms with E-state index in [9.17, 15) is 9.90 Å². The highest BCUT2D eigenvalue weighted by Gasteiger charge is 2.18. The van der Waals surface area contributed by atoms with Crippen molar-refractivity contribution < 1.29 is 23.7 Å². The first kappa shape index (κ1) is 15.9. The summed E-state index contributed by atoms with van der Waals surface area (Å²) in [6.07, 6.45) is 1.59. The molecule has 0 aliphatic rings. The van der Waals surface area contributed by atoms with Crippen LogP contribution >= 0.6 is 0 Å². The molecule has 0 fully saturated rings. The van der Waals surface area contributed by atoms with E-state index in [0.29, 0.717) is 6.42 Å². The predicted molar refractivity (Wildman–Crippen MR) is 65.7 cm³/mol. The number of carboxylic acids is 1. The first-order chi connectivity index (χ1) is 7.61. The van der Waals surface area contributed by atoms with Gasteiger partial charge in [0.05, 0.1) is 5.92 Å². The van der Waals surface area contributed by atoms with Crippen molar-refractivity contribution in [3.05, 3.63) is 35.9 Å². The third kappa shape index (κ3) is 5.71. The summed E-state index contributed by atoms with van der Waals surface area (Å²) in [5.41, 5.74) is 0.897. The zero-order chi connectivity index (χ0) is 12.0. The zero-order valence-corrected chi connectivity index (χ0v) is 11.0. The van der Waals surface area contributed by atoms with Gasteiger partial charge in [-0.15, -0.1) is 0 Å². The number of carbonyl (C=O) groups is 1. The van der Waals surface area contributed by atoms with Gasteiger partial charge in [-0.3, -0.25) is 4.79 Å². The Balaban J connectivity index is 0. The van der Waals surface area contributed by atoms with Crippen LogP contribution in [-0.2, 0) is 4.79 Å². The van der Waals surface area contributed by atoms with Crippen LogP contribution in [0.2, 0.25) is 0 Å². The Bertz CT molecular complexity index is 333. The van der Waals surface area contributed by atoms with Gasteiger partial charge in [-0.25, -0.2) is 0 Å². The second-order valence-corrected chi connectivity index (χ2v) is 4.25. The maximum absolute atomic E-state index is 11.2. The van der Waals surface area contributed by atoms with Gasteiger partial charge in [0, 0.05) is 0 Å². The molecule has 1 aromatic rings. The van der Waals surface area contributed by atoms with Crippen molar-refractivity contribution in [2.75, 3.05) is 20.6 Å². The molecule has 0 heterocycles. The molecule has 96 valence electrons. The molecular formula is C13H20ClNO2. The van der Waals surface area contributed by atoms with E-state index in [-0.39, 0.29) is 19.8 Å². The number of rotatable bonds is 6. The normalized spacial score (nSPS) is 11.9. The minimum atomic E-state index is -0.732. The SMILES string of the molecule is CN(C)CCCC(C(=O)O)c1ccccc1.[Cl-].[H+]. The van der Waals surface area contributed by atoms with Gasteiger partial charge in [0.1, 0.15) is 0 Å². The summed E-state index contributed by atoms with van der Waals surface area (Å²) in [5.74, 6) is -1.11. The highest BCUT2D eigenvalue weighted by atomic mass is 35.5. The lowest BCUT2D eigenvalue weighted by atomic mass is 9.94. The summed E-state index contributed by atoms with van der Waals surface area (Å²) in [6.45, 7) is 0.927. The van der Waals surface area contributed by atoms with Gasteiger partial charge in [-0.05, 0) is 39.0 Å². The van der Waals surface area contributed by atoms with Crippen LogP contribution in [0.1, 0.15) is 25.7 Å². The third-order valence-electron chi connectivity index (χ3n) is 2.60. The molecule has 3 nitrogen and oxygen atoms in total. The number of carboxylic acid groups (broad SMARTS) is 1. The van der Waals surface area contributed by atoms with Crippen molar-refractivity contribution in [1.29, 1.82) is 0 Å². The van der Waals surface area contributed by atoms with Crippen LogP contribution in [0.5, 0.6) is 0 Å². The summed E-state index contributed by atoms with van der Waals surface area (Å²) < 4.78 is 0. The van der Waals surface area contributed by atoms with Gasteiger partial charge in [-0.1, -0.05) is 30.3 Å². The van der Waals surface area contributed by atoms with Crippen molar-refractivity contribution in [2.24, 2.45) is 0 Å². The standard InChI is InChI=1S/C13H19NO2.ClH/c1-14(2)10-6-9-12(13(15)16)11-7-4-3-5-8-11;/h3-5,7-8,12H,6,9-10H2,1-2H3,(H,15,16);1H. The average molecular weight is 258 g/mol. The molecule has 0 saturated heterocycles. The summed E-state index contributed by atoms with van der Waals surface area (Å²) in [4.78, 5) is 13.2. The summed E-state index contributed by atoms with van der Waals surface area (Å²) in [7, 11) is 4.00. The largest absolute Gasteiger partial charge is 1.00 e. The number of hydrogen-bond acceptors (Lipinski definition) is 2. The lowest BCUT2D eigenvalue weighted by Crippen LogP contribution is -3.00. The number of benzene rings is 1. The fourth-order valence-corrected chi connectivity index (χ4v) is 1.73. The number of nitrogens with zero attached hydrogens (tertiary/aromatic N) is 1. The molecule has 0 amide bonds. The highest BCUT2D eigenvalue weighted by Crippen LogP contribution is 2.21. The highest BCUT2D eigenvalue weighted by molar-refractivity contribution is 5.75. The smallest absolute Gasteiger partial charge is 1.00 e. The maximum Gasteiger partial charge on any atom is 1.00 e. The second kappa shape index (κ2) is 8.09. The molecule has 0 bridgehead atoms. The van der Waals surface area contributed by atoms with Crippen LogP contribution in [0, 0.1) is 0 Å². The molecule has 1 atom stereocenters. The minimum Gasteiger partial charge on any atom is -1.00 e. The van der Waals surface area contributed by atoms with Gasteiger partial charge in [0.15, 0.2) is 0 Å². The molecule has 1 N–H and O–H groups in total. The third-order valence-corrected chi connectivity index (χ3v) is 2.60. The quantitative estimate of drug-likeness (QED) is 0.734. The number of aliphatic carboxylic acids is 1. The molecule has 0 radical (unpaired) electrons. The fourth-order valence-electron chi connectivity index (χ4n) is 1.73. The maximum atomic E-state index is 11.2. The summed E-state index contributed by atoms with van der Waals surface area (Å²) in [6, 6.07) is 9.44. The van der Waals surface area contributed by atoms with Crippen LogP contribution in [0.15, 0.2) is 30.3 Å². The molecule has 0 spiro atoms. The molecule has 17 heavy (non-hydrogen) atoms. The Morgan fingerprint density at radius 1 is 1.35 bits per heavy atom. The molecule has 1 unspecified atom stereocenters. The number of hydrogen-bond donors (Lipinski definition) is 1. The molecule has 0 aromatic heterocycles. The summed E-state index contributed by atoms with van der Waals surface area (Å²) >= 11 is 0. The van der Waals surface area contributed by atoms with E-state index in [1.54, 1.807) is 0 Å². The van der Waals surface area contributed by atoms with E-state index in [1.807, 2.05) is 44.4 Å². The molecule has 1 aromatic carbocycles. The fraction of sp³-hybridized carbons (Fsp3) is 0.462. The zero-order valence-electron chi connectivity index (χ0n) is 11.3. The van der Waals surface area contributed by atoms with E-state index >= 15 is 0 Å². The first-order valence-corrected chi connectivity index (χ1v) is 5.53. The van der Waals surface area contributed by atoms with E-state index in [4.69, 9.17) is 0 Å². The molecular weight excluding hydrogens is 238 g/mol. The van der Waals surface area contributed by atoms with Crippen molar-refractivity contribution in [2.45, 2.75) is 18.8 Å². The summed E-state index contributed by atoms with van der Waals surface area (Å²) in [5, 5.41) is 9.18. The van der Waals surface area contributed by atoms with Crippen molar-refractivity contribution >= 4 is 5.97 Å². The topological polar surface area (TPSA) is 40.5 Å². The van der Waals surface area contributed by atoms with Crippen molar-refractivity contribution in [3.8, 4) is 0 Å². The number of halogens is 1. The van der Waals surface area contributed by atoms with Crippen molar-refractivity contribution in [1.82, 2.24) is 4.90 Å². The molecule has 0 aliphatic carbocycles. The lowest BCUT2D eigenvalue weighted by molar-refractivity contribution is -0.139. The van der Waals surface area contributed by atoms with Crippen LogP contribution in [-0.4, -0.2) is 36.6 Å². The van der Waals surface area contributed by atoms with Crippen LogP contribution in [0.4, 0.5) is 0 Å². The van der Waals surface area contributed by atoms with E-state index in [0.717, 1.165) is 18.5 Å². The van der Waals surface area contributed by atoms with Gasteiger partial charge < -0.3 is 22.4 Å². The Labute approximate surface area is 110 Å². The first-order valence-electron chi connectivity index (χ1n) is 5.53. The van der Waals surface area contributed by atoms with E-state index < -0.39 is 5.97 Å². The van der Waals surface area contributed by atoms with Gasteiger partial charge in [0.25, 0.3) is 0 Å². The van der Waals surface area contributed by atoms with Gasteiger partial charge in [-0.2, -0.15) is 0 Å². The van der Waals surface area contributed by atoms with E-state index in [2.05, 4.69) is 4.90 Å². The monoisotopic (exact) mass is 257 g/mol. The molecule has 0 saturated carbocycles. The second-order valence-electron chi connectivity index (χ2n) is 4.25.